The standard InChI is InChI=1S/C11H15F2NO2/c1-11(6-15,7-16)5-14-10-8(12)3-2-4-9(10)13/h2-4,14-16H,5-7H2,1H3. The van der Waals surface area contributed by atoms with Gasteiger partial charge in [0.25, 0.3) is 0 Å². The predicted molar refractivity (Wildman–Crippen MR) is 57.1 cm³/mol. The van der Waals surface area contributed by atoms with Crippen LogP contribution in [0.25, 0.3) is 0 Å². The third-order valence-corrected chi connectivity index (χ3v) is 2.42. The van der Waals surface area contributed by atoms with Crippen LogP contribution < -0.4 is 5.32 Å². The zero-order valence-corrected chi connectivity index (χ0v) is 9.00. The van der Waals surface area contributed by atoms with E-state index in [1.54, 1.807) is 6.92 Å². The fourth-order valence-corrected chi connectivity index (χ4v) is 1.13. The Morgan fingerprint density at radius 1 is 1.19 bits per heavy atom. The van der Waals surface area contributed by atoms with E-state index in [1.165, 1.54) is 6.07 Å². The van der Waals surface area contributed by atoms with Gasteiger partial charge in [-0.15, -0.1) is 0 Å². The summed E-state index contributed by atoms with van der Waals surface area (Å²) in [6, 6.07) is 3.55. The summed E-state index contributed by atoms with van der Waals surface area (Å²) in [6.45, 7) is 1.15. The molecule has 16 heavy (non-hydrogen) atoms. The molecule has 5 heteroatoms. The number of aliphatic hydroxyl groups excluding tert-OH is 2. The molecule has 0 aromatic heterocycles. The van der Waals surface area contributed by atoms with E-state index in [0.29, 0.717) is 0 Å². The zero-order chi connectivity index (χ0) is 12.2. The first-order valence-corrected chi connectivity index (χ1v) is 4.92. The average Bonchev–Trinajstić information content (AvgIpc) is 2.28. The lowest BCUT2D eigenvalue weighted by atomic mass is 9.93. The van der Waals surface area contributed by atoms with Crippen molar-refractivity contribution in [2.45, 2.75) is 6.92 Å². The lowest BCUT2D eigenvalue weighted by Crippen LogP contribution is -2.34. The first-order chi connectivity index (χ1) is 7.52. The summed E-state index contributed by atoms with van der Waals surface area (Å²) in [6.07, 6.45) is 0. The number of para-hydroxylation sites is 1. The lowest BCUT2D eigenvalue weighted by molar-refractivity contribution is 0.0805. The van der Waals surface area contributed by atoms with Crippen LogP contribution in [-0.2, 0) is 0 Å². The van der Waals surface area contributed by atoms with Gasteiger partial charge in [0.1, 0.15) is 17.3 Å². The van der Waals surface area contributed by atoms with Gasteiger partial charge in [-0.2, -0.15) is 0 Å². The van der Waals surface area contributed by atoms with Gasteiger partial charge in [-0.1, -0.05) is 13.0 Å². The van der Waals surface area contributed by atoms with Gasteiger partial charge in [0, 0.05) is 12.0 Å². The van der Waals surface area contributed by atoms with Gasteiger partial charge in [0.15, 0.2) is 0 Å². The highest BCUT2D eigenvalue weighted by molar-refractivity contribution is 5.46. The molecular formula is C11H15F2NO2. The van der Waals surface area contributed by atoms with Crippen molar-refractivity contribution in [1.29, 1.82) is 0 Å². The molecule has 0 radical (unpaired) electrons. The molecule has 1 aromatic carbocycles. The van der Waals surface area contributed by atoms with Gasteiger partial charge in [-0.25, -0.2) is 8.78 Å². The third kappa shape index (κ3) is 2.90. The molecule has 0 heterocycles. The second-order valence-electron chi connectivity index (χ2n) is 4.08. The van der Waals surface area contributed by atoms with Crippen molar-refractivity contribution < 1.29 is 19.0 Å². The van der Waals surface area contributed by atoms with Gasteiger partial charge in [-0.05, 0) is 12.1 Å². The molecule has 0 bridgehead atoms. The Morgan fingerprint density at radius 3 is 2.12 bits per heavy atom. The molecule has 0 saturated heterocycles. The normalized spacial score (nSPS) is 11.6. The van der Waals surface area contributed by atoms with Crippen LogP contribution in [0.4, 0.5) is 14.5 Å². The Bertz CT molecular complexity index is 334. The average molecular weight is 231 g/mol. The van der Waals surface area contributed by atoms with Gasteiger partial charge >= 0.3 is 0 Å². The summed E-state index contributed by atoms with van der Waals surface area (Å²) in [5, 5.41) is 20.6. The summed E-state index contributed by atoms with van der Waals surface area (Å²) in [7, 11) is 0. The summed E-state index contributed by atoms with van der Waals surface area (Å²) in [5.74, 6) is -1.39. The minimum atomic E-state index is -0.811. The van der Waals surface area contributed by atoms with Gasteiger partial charge in [0.05, 0.1) is 13.2 Å². The minimum Gasteiger partial charge on any atom is -0.396 e. The van der Waals surface area contributed by atoms with Crippen molar-refractivity contribution in [2.75, 3.05) is 25.1 Å². The molecule has 0 aliphatic carbocycles. The number of halogens is 2. The summed E-state index contributed by atoms with van der Waals surface area (Å²) in [5.41, 5.74) is -1.05. The molecule has 1 aromatic rings. The number of hydrogen-bond donors (Lipinski definition) is 3. The van der Waals surface area contributed by atoms with E-state index in [1.807, 2.05) is 0 Å². The summed E-state index contributed by atoms with van der Waals surface area (Å²) < 4.78 is 26.4. The fourth-order valence-electron chi connectivity index (χ4n) is 1.13. The lowest BCUT2D eigenvalue weighted by Gasteiger charge is -2.25. The Balaban J connectivity index is 2.75. The Morgan fingerprint density at radius 2 is 1.69 bits per heavy atom. The molecule has 3 nitrogen and oxygen atoms in total. The highest BCUT2D eigenvalue weighted by atomic mass is 19.1. The van der Waals surface area contributed by atoms with Crippen LogP contribution in [0.15, 0.2) is 18.2 Å². The van der Waals surface area contributed by atoms with E-state index in [2.05, 4.69) is 5.32 Å². The van der Waals surface area contributed by atoms with Crippen LogP contribution >= 0.6 is 0 Å². The van der Waals surface area contributed by atoms with E-state index in [9.17, 15) is 8.78 Å². The second-order valence-corrected chi connectivity index (χ2v) is 4.08. The van der Waals surface area contributed by atoms with Crippen molar-refractivity contribution in [3.63, 3.8) is 0 Å². The summed E-state index contributed by atoms with van der Waals surface area (Å²) in [4.78, 5) is 0. The second kappa shape index (κ2) is 5.23. The first-order valence-electron chi connectivity index (χ1n) is 4.92. The highest BCUT2D eigenvalue weighted by Crippen LogP contribution is 2.21. The largest absolute Gasteiger partial charge is 0.396 e. The maximum atomic E-state index is 13.2. The molecule has 90 valence electrons. The topological polar surface area (TPSA) is 52.5 Å². The Hall–Kier alpha value is -1.20. The van der Waals surface area contributed by atoms with Crippen LogP contribution in [0.1, 0.15) is 6.92 Å². The van der Waals surface area contributed by atoms with Crippen LogP contribution in [0.5, 0.6) is 0 Å². The zero-order valence-electron chi connectivity index (χ0n) is 9.00. The monoisotopic (exact) mass is 231 g/mol. The molecule has 0 atom stereocenters. The molecule has 0 spiro atoms. The number of nitrogens with one attached hydrogen (secondary N) is 1. The number of hydrogen-bond acceptors (Lipinski definition) is 3. The maximum Gasteiger partial charge on any atom is 0.149 e. The van der Waals surface area contributed by atoms with Crippen LogP contribution in [0.3, 0.4) is 0 Å². The molecule has 0 aliphatic rings. The minimum absolute atomic E-state index is 0.0812. The van der Waals surface area contributed by atoms with E-state index < -0.39 is 17.0 Å². The summed E-state index contributed by atoms with van der Waals surface area (Å²) >= 11 is 0. The van der Waals surface area contributed by atoms with Crippen LogP contribution in [0.2, 0.25) is 0 Å². The van der Waals surface area contributed by atoms with Crippen LogP contribution in [0, 0.1) is 17.0 Å². The Labute approximate surface area is 92.7 Å². The van der Waals surface area contributed by atoms with E-state index >= 15 is 0 Å². The number of rotatable bonds is 5. The van der Waals surface area contributed by atoms with Crippen LogP contribution in [-0.4, -0.2) is 30.0 Å². The quantitative estimate of drug-likeness (QED) is 0.717. The van der Waals surface area contributed by atoms with Crippen molar-refractivity contribution in [3.8, 4) is 0 Å². The molecule has 0 amide bonds. The number of aliphatic hydroxyl groups is 2. The smallest absolute Gasteiger partial charge is 0.149 e. The molecular weight excluding hydrogens is 216 g/mol. The SMILES string of the molecule is CC(CO)(CO)CNc1c(F)cccc1F. The molecule has 3 N–H and O–H groups in total. The van der Waals surface area contributed by atoms with E-state index in [0.717, 1.165) is 12.1 Å². The van der Waals surface area contributed by atoms with E-state index in [4.69, 9.17) is 10.2 Å². The first kappa shape index (κ1) is 12.9. The van der Waals surface area contributed by atoms with Crippen molar-refractivity contribution in [3.05, 3.63) is 29.8 Å². The highest BCUT2D eigenvalue weighted by Gasteiger charge is 2.23. The van der Waals surface area contributed by atoms with Crippen molar-refractivity contribution >= 4 is 5.69 Å². The van der Waals surface area contributed by atoms with Gasteiger partial charge < -0.3 is 15.5 Å². The molecule has 0 unspecified atom stereocenters. The Kier molecular flexibility index (Phi) is 4.20. The molecule has 1 rings (SSSR count). The fraction of sp³-hybridized carbons (Fsp3) is 0.455. The van der Waals surface area contributed by atoms with Gasteiger partial charge in [0.2, 0.25) is 0 Å². The van der Waals surface area contributed by atoms with Gasteiger partial charge in [-0.3, -0.25) is 0 Å². The van der Waals surface area contributed by atoms with Crippen molar-refractivity contribution in [1.82, 2.24) is 0 Å². The van der Waals surface area contributed by atoms with E-state index in [-0.39, 0.29) is 25.4 Å². The van der Waals surface area contributed by atoms with Crippen molar-refractivity contribution in [2.24, 2.45) is 5.41 Å². The third-order valence-electron chi connectivity index (χ3n) is 2.42. The molecule has 0 saturated carbocycles. The molecule has 0 aliphatic heterocycles. The predicted octanol–water partition coefficient (Wildman–Crippen LogP) is 1.37. The molecule has 0 fully saturated rings. The maximum absolute atomic E-state index is 13.2. The number of benzene rings is 1. The number of anilines is 1.